The summed E-state index contributed by atoms with van der Waals surface area (Å²) in [7, 11) is 0. The molecule has 1 saturated carbocycles. The van der Waals surface area contributed by atoms with Crippen molar-refractivity contribution < 1.29 is 4.79 Å². The minimum Gasteiger partial charge on any atom is -0.336 e. The van der Waals surface area contributed by atoms with E-state index in [4.69, 9.17) is 0 Å². The summed E-state index contributed by atoms with van der Waals surface area (Å²) in [6.07, 6.45) is 4.84. The third-order valence-corrected chi connectivity index (χ3v) is 3.90. The van der Waals surface area contributed by atoms with Crippen molar-refractivity contribution in [3.63, 3.8) is 0 Å². The summed E-state index contributed by atoms with van der Waals surface area (Å²) >= 11 is 0. The molecule has 0 aromatic carbocycles. The number of rotatable bonds is 1. The second-order valence-electron chi connectivity index (χ2n) is 4.76. The highest BCUT2D eigenvalue weighted by atomic mass is 16.2. The summed E-state index contributed by atoms with van der Waals surface area (Å²) in [5.41, 5.74) is 0.0122. The first-order chi connectivity index (χ1) is 6.22. The monoisotopic (exact) mass is 180 g/mol. The topological polar surface area (TPSA) is 32.3 Å². The maximum atomic E-state index is 11.7. The molecule has 2 atom stereocenters. The molecule has 1 N–H and O–H groups in total. The van der Waals surface area contributed by atoms with E-state index in [9.17, 15) is 4.79 Å². The fraction of sp³-hybridized carbons (Fsp3) is 0.900. The second kappa shape index (κ2) is 2.27. The molecule has 1 aliphatic carbocycles. The van der Waals surface area contributed by atoms with Crippen LogP contribution in [0.3, 0.4) is 0 Å². The number of hydrogen-bond acceptors (Lipinski definition) is 2. The molecule has 2 unspecified atom stereocenters. The van der Waals surface area contributed by atoms with Crippen LogP contribution in [0.5, 0.6) is 0 Å². The van der Waals surface area contributed by atoms with Crippen LogP contribution in [0.15, 0.2) is 0 Å². The Balaban J connectivity index is 1.93. The summed E-state index contributed by atoms with van der Waals surface area (Å²) in [6, 6.07) is 0.200. The minimum absolute atomic E-state index is 0.0122. The van der Waals surface area contributed by atoms with Gasteiger partial charge in [-0.25, -0.2) is 0 Å². The minimum atomic E-state index is 0.0122. The second-order valence-corrected chi connectivity index (χ2v) is 4.76. The van der Waals surface area contributed by atoms with Gasteiger partial charge in [0.2, 0.25) is 5.91 Å². The smallest absolute Gasteiger partial charge is 0.238 e. The van der Waals surface area contributed by atoms with E-state index in [1.54, 1.807) is 0 Å². The number of fused-ring (bicyclic) bond motifs is 1. The van der Waals surface area contributed by atoms with E-state index in [0.717, 1.165) is 18.9 Å². The van der Waals surface area contributed by atoms with Gasteiger partial charge < -0.3 is 5.32 Å². The fourth-order valence-corrected chi connectivity index (χ4v) is 2.98. The van der Waals surface area contributed by atoms with Crippen molar-refractivity contribution in [2.45, 2.75) is 44.3 Å². The Bertz CT molecular complexity index is 262. The molecular weight excluding hydrogens is 164 g/mol. The highest BCUT2D eigenvalue weighted by Gasteiger charge is 2.56. The van der Waals surface area contributed by atoms with Gasteiger partial charge in [0.05, 0.1) is 11.7 Å². The van der Waals surface area contributed by atoms with E-state index in [2.05, 4.69) is 17.1 Å². The van der Waals surface area contributed by atoms with E-state index in [1.165, 1.54) is 19.3 Å². The summed E-state index contributed by atoms with van der Waals surface area (Å²) in [4.78, 5) is 14.0. The van der Waals surface area contributed by atoms with Crippen LogP contribution in [-0.4, -0.2) is 29.1 Å². The molecule has 3 aliphatic rings. The molecule has 3 fully saturated rings. The first kappa shape index (κ1) is 7.80. The van der Waals surface area contributed by atoms with Crippen molar-refractivity contribution in [1.29, 1.82) is 0 Å². The van der Waals surface area contributed by atoms with E-state index in [1.807, 2.05) is 0 Å². The first-order valence-electron chi connectivity index (χ1n) is 5.30. The Morgan fingerprint density at radius 1 is 1.46 bits per heavy atom. The largest absolute Gasteiger partial charge is 0.336 e. The number of nitrogens with zero attached hydrogens (tertiary/aromatic N) is 1. The molecule has 3 heteroatoms. The Morgan fingerprint density at radius 3 is 2.92 bits per heavy atom. The molecule has 13 heavy (non-hydrogen) atoms. The number of carbonyl (C=O) groups is 1. The Labute approximate surface area is 78.5 Å². The molecule has 0 bridgehead atoms. The lowest BCUT2D eigenvalue weighted by Gasteiger charge is -2.33. The lowest BCUT2D eigenvalue weighted by Crippen LogP contribution is -2.51. The van der Waals surface area contributed by atoms with Gasteiger partial charge in [0, 0.05) is 6.54 Å². The van der Waals surface area contributed by atoms with Crippen LogP contribution in [-0.2, 0) is 4.79 Å². The molecule has 0 radical (unpaired) electrons. The maximum absolute atomic E-state index is 11.7. The summed E-state index contributed by atoms with van der Waals surface area (Å²) in [5, 5.41) is 3.18. The van der Waals surface area contributed by atoms with Crippen LogP contribution in [0.25, 0.3) is 0 Å². The van der Waals surface area contributed by atoms with Crippen LogP contribution in [0.2, 0.25) is 0 Å². The summed E-state index contributed by atoms with van der Waals surface area (Å²) in [6.45, 7) is 3.31. The zero-order valence-electron chi connectivity index (χ0n) is 8.05. The third-order valence-electron chi connectivity index (χ3n) is 3.90. The molecule has 0 aromatic heterocycles. The Kier molecular flexibility index (Phi) is 1.36. The Hall–Kier alpha value is -0.570. The van der Waals surface area contributed by atoms with E-state index in [-0.39, 0.29) is 17.6 Å². The van der Waals surface area contributed by atoms with Gasteiger partial charge >= 0.3 is 0 Å². The summed E-state index contributed by atoms with van der Waals surface area (Å²) in [5.74, 6) is 0.992. The van der Waals surface area contributed by atoms with Crippen molar-refractivity contribution in [3.8, 4) is 0 Å². The predicted molar refractivity (Wildman–Crippen MR) is 49.0 cm³/mol. The lowest BCUT2D eigenvalue weighted by atomic mass is 10.1. The van der Waals surface area contributed by atoms with Crippen LogP contribution in [0.1, 0.15) is 32.6 Å². The Morgan fingerprint density at radius 2 is 2.23 bits per heavy atom. The number of carbonyl (C=O) groups excluding carboxylic acids is 1. The van der Waals surface area contributed by atoms with Gasteiger partial charge in [0.15, 0.2) is 0 Å². The van der Waals surface area contributed by atoms with Gasteiger partial charge in [-0.2, -0.15) is 0 Å². The summed E-state index contributed by atoms with van der Waals surface area (Å²) < 4.78 is 0. The van der Waals surface area contributed by atoms with Crippen molar-refractivity contribution >= 4 is 5.91 Å². The quantitative estimate of drug-likeness (QED) is 0.644. The van der Waals surface area contributed by atoms with Gasteiger partial charge in [0.1, 0.15) is 0 Å². The van der Waals surface area contributed by atoms with Crippen molar-refractivity contribution in [3.05, 3.63) is 0 Å². The maximum Gasteiger partial charge on any atom is 0.238 e. The molecule has 2 saturated heterocycles. The predicted octanol–water partition coefficient (Wildman–Crippen LogP) is 0.707. The average Bonchev–Trinajstić information content (AvgIpc) is 2.76. The fourth-order valence-electron chi connectivity index (χ4n) is 2.98. The number of hydrogen-bond donors (Lipinski definition) is 1. The zero-order chi connectivity index (χ0) is 9.05. The number of nitrogens with one attached hydrogen (secondary N) is 1. The molecule has 2 aliphatic heterocycles. The van der Waals surface area contributed by atoms with Crippen LogP contribution in [0, 0.1) is 5.92 Å². The van der Waals surface area contributed by atoms with Crippen molar-refractivity contribution in [2.75, 3.05) is 6.54 Å². The molecule has 0 spiro atoms. The van der Waals surface area contributed by atoms with Gasteiger partial charge in [-0.3, -0.25) is 9.69 Å². The standard InChI is InChI=1S/C10H16N2O/c1-10(7-4-5-7)11-9(13)8-3-2-6-12(8)10/h7-8H,2-6H2,1H3,(H,11,13). The normalized spacial score (nSPS) is 45.0. The molecule has 3 rings (SSSR count). The van der Waals surface area contributed by atoms with Gasteiger partial charge in [-0.1, -0.05) is 0 Å². The van der Waals surface area contributed by atoms with Crippen molar-refractivity contribution in [1.82, 2.24) is 10.2 Å². The number of amides is 1. The third kappa shape index (κ3) is 0.909. The highest BCUT2D eigenvalue weighted by molar-refractivity contribution is 5.85. The first-order valence-corrected chi connectivity index (χ1v) is 5.30. The highest BCUT2D eigenvalue weighted by Crippen LogP contribution is 2.46. The molecule has 2 heterocycles. The molecule has 3 nitrogen and oxygen atoms in total. The van der Waals surface area contributed by atoms with Gasteiger partial charge in [0.25, 0.3) is 0 Å². The van der Waals surface area contributed by atoms with Crippen LogP contribution in [0.4, 0.5) is 0 Å². The molecule has 0 aromatic rings. The molecule has 1 amide bonds. The lowest BCUT2D eigenvalue weighted by molar-refractivity contribution is -0.121. The zero-order valence-corrected chi connectivity index (χ0v) is 8.05. The van der Waals surface area contributed by atoms with Crippen LogP contribution >= 0.6 is 0 Å². The molecular formula is C10H16N2O. The van der Waals surface area contributed by atoms with E-state index in [0.29, 0.717) is 0 Å². The molecule has 72 valence electrons. The van der Waals surface area contributed by atoms with Crippen LogP contribution < -0.4 is 5.32 Å². The van der Waals surface area contributed by atoms with Gasteiger partial charge in [-0.05, 0) is 38.5 Å². The SMILES string of the molecule is CC1(C2CC2)NC(=O)C2CCCN21. The van der Waals surface area contributed by atoms with Crippen molar-refractivity contribution in [2.24, 2.45) is 5.92 Å². The van der Waals surface area contributed by atoms with E-state index < -0.39 is 0 Å². The van der Waals surface area contributed by atoms with E-state index >= 15 is 0 Å². The average molecular weight is 180 g/mol. The van der Waals surface area contributed by atoms with Gasteiger partial charge in [-0.15, -0.1) is 0 Å².